The monoisotopic (exact) mass is 425 g/mol. The number of aliphatic imine (C=N–C) groups is 1. The molecule has 0 saturated carbocycles. The van der Waals surface area contributed by atoms with Gasteiger partial charge in [-0.05, 0) is 51.3 Å². The van der Waals surface area contributed by atoms with Crippen LogP contribution in [0.5, 0.6) is 0 Å². The smallest absolute Gasteiger partial charge is 0.287 e. The molecule has 1 aromatic carbocycles. The second-order valence-electron chi connectivity index (χ2n) is 8.01. The van der Waals surface area contributed by atoms with E-state index in [0.717, 1.165) is 50.5 Å². The second kappa shape index (κ2) is 12.2. The number of piperidine rings is 1. The number of hydrogen-bond donors (Lipinski definition) is 3. The van der Waals surface area contributed by atoms with E-state index in [0.29, 0.717) is 24.9 Å². The lowest BCUT2D eigenvalue weighted by Gasteiger charge is -2.34. The summed E-state index contributed by atoms with van der Waals surface area (Å²) >= 11 is 0. The van der Waals surface area contributed by atoms with Crippen LogP contribution in [-0.4, -0.2) is 55.5 Å². The van der Waals surface area contributed by atoms with Crippen molar-refractivity contribution < 1.29 is 9.21 Å². The Morgan fingerprint density at radius 3 is 2.81 bits per heavy atom. The average molecular weight is 426 g/mol. The topological polar surface area (TPSA) is 81.9 Å². The minimum absolute atomic E-state index is 0.169. The van der Waals surface area contributed by atoms with Gasteiger partial charge in [0, 0.05) is 44.3 Å². The molecular weight excluding hydrogens is 390 g/mol. The highest BCUT2D eigenvalue weighted by Gasteiger charge is 2.20. The SMILES string of the molecule is CCNC(=NCCCNC(=O)c1occc1C)NC1CCCN(Cc2ccccc2)C1. The van der Waals surface area contributed by atoms with E-state index in [1.807, 2.05) is 6.92 Å². The predicted molar refractivity (Wildman–Crippen MR) is 124 cm³/mol. The van der Waals surface area contributed by atoms with Crippen LogP contribution in [0.1, 0.15) is 47.9 Å². The zero-order chi connectivity index (χ0) is 21.9. The Bertz CT molecular complexity index is 834. The molecule has 2 heterocycles. The van der Waals surface area contributed by atoms with Gasteiger partial charge in [0.2, 0.25) is 0 Å². The Balaban J connectivity index is 1.42. The van der Waals surface area contributed by atoms with Gasteiger partial charge in [0.1, 0.15) is 0 Å². The van der Waals surface area contributed by atoms with E-state index in [-0.39, 0.29) is 5.91 Å². The highest BCUT2D eigenvalue weighted by atomic mass is 16.3. The van der Waals surface area contributed by atoms with Crippen molar-refractivity contribution in [1.29, 1.82) is 0 Å². The van der Waals surface area contributed by atoms with Crippen molar-refractivity contribution in [2.75, 3.05) is 32.7 Å². The number of aryl methyl sites for hydroxylation is 1. The van der Waals surface area contributed by atoms with Crippen molar-refractivity contribution in [3.8, 4) is 0 Å². The van der Waals surface area contributed by atoms with Gasteiger partial charge in [-0.15, -0.1) is 0 Å². The number of furan rings is 1. The summed E-state index contributed by atoms with van der Waals surface area (Å²) in [5.74, 6) is 1.07. The summed E-state index contributed by atoms with van der Waals surface area (Å²) in [4.78, 5) is 19.3. The lowest BCUT2D eigenvalue weighted by molar-refractivity contribution is 0.0925. The minimum atomic E-state index is -0.169. The summed E-state index contributed by atoms with van der Waals surface area (Å²) in [7, 11) is 0. The van der Waals surface area contributed by atoms with E-state index >= 15 is 0 Å². The fourth-order valence-electron chi connectivity index (χ4n) is 3.83. The van der Waals surface area contributed by atoms with Crippen LogP contribution in [0.2, 0.25) is 0 Å². The Kier molecular flexibility index (Phi) is 8.97. The molecule has 1 fully saturated rings. The van der Waals surface area contributed by atoms with E-state index in [1.54, 1.807) is 6.07 Å². The van der Waals surface area contributed by atoms with Gasteiger partial charge in [-0.2, -0.15) is 0 Å². The number of likely N-dealkylation sites (tertiary alicyclic amines) is 1. The third-order valence-corrected chi connectivity index (χ3v) is 5.40. The molecule has 1 atom stereocenters. The first-order valence-electron chi connectivity index (χ1n) is 11.3. The fraction of sp³-hybridized carbons (Fsp3) is 0.500. The van der Waals surface area contributed by atoms with Crippen LogP contribution in [0.15, 0.2) is 52.1 Å². The number of carbonyl (C=O) groups excluding carboxylic acids is 1. The number of rotatable bonds is 9. The summed E-state index contributed by atoms with van der Waals surface area (Å²) in [6.45, 7) is 9.11. The number of guanidine groups is 1. The Morgan fingerprint density at radius 1 is 1.23 bits per heavy atom. The van der Waals surface area contributed by atoms with Crippen LogP contribution in [0.4, 0.5) is 0 Å². The van der Waals surface area contributed by atoms with Crippen LogP contribution < -0.4 is 16.0 Å². The third kappa shape index (κ3) is 7.43. The third-order valence-electron chi connectivity index (χ3n) is 5.40. The maximum atomic E-state index is 12.1. The number of hydrogen-bond acceptors (Lipinski definition) is 4. The molecule has 1 unspecified atom stereocenters. The molecule has 31 heavy (non-hydrogen) atoms. The summed E-state index contributed by atoms with van der Waals surface area (Å²) in [6, 6.07) is 12.8. The van der Waals surface area contributed by atoms with Gasteiger partial charge in [-0.3, -0.25) is 14.7 Å². The first-order chi connectivity index (χ1) is 15.2. The fourth-order valence-corrected chi connectivity index (χ4v) is 3.83. The van der Waals surface area contributed by atoms with Gasteiger partial charge in [-0.1, -0.05) is 30.3 Å². The quantitative estimate of drug-likeness (QED) is 0.327. The van der Waals surface area contributed by atoms with Crippen molar-refractivity contribution in [3.05, 3.63) is 59.5 Å². The maximum absolute atomic E-state index is 12.1. The zero-order valence-corrected chi connectivity index (χ0v) is 18.7. The highest BCUT2D eigenvalue weighted by Crippen LogP contribution is 2.13. The van der Waals surface area contributed by atoms with Gasteiger partial charge in [0.15, 0.2) is 11.7 Å². The van der Waals surface area contributed by atoms with Gasteiger partial charge < -0.3 is 20.4 Å². The van der Waals surface area contributed by atoms with Gasteiger partial charge in [-0.25, -0.2) is 0 Å². The molecule has 0 radical (unpaired) electrons. The van der Waals surface area contributed by atoms with Crippen molar-refractivity contribution in [2.45, 2.75) is 45.7 Å². The zero-order valence-electron chi connectivity index (χ0n) is 18.7. The van der Waals surface area contributed by atoms with E-state index < -0.39 is 0 Å². The first kappa shape index (κ1) is 22.9. The highest BCUT2D eigenvalue weighted by molar-refractivity contribution is 5.92. The summed E-state index contributed by atoms with van der Waals surface area (Å²) < 4.78 is 5.22. The van der Waals surface area contributed by atoms with Crippen molar-refractivity contribution >= 4 is 11.9 Å². The molecule has 168 valence electrons. The Hall–Kier alpha value is -2.80. The molecule has 7 heteroatoms. The molecule has 3 N–H and O–H groups in total. The molecule has 0 bridgehead atoms. The lowest BCUT2D eigenvalue weighted by Crippen LogP contribution is -2.51. The summed E-state index contributed by atoms with van der Waals surface area (Å²) in [5.41, 5.74) is 2.21. The first-order valence-corrected chi connectivity index (χ1v) is 11.3. The summed E-state index contributed by atoms with van der Waals surface area (Å²) in [6.07, 6.45) is 4.64. The molecule has 3 rings (SSSR count). The lowest BCUT2D eigenvalue weighted by atomic mass is 10.0. The molecule has 0 spiro atoms. The van der Waals surface area contributed by atoms with Gasteiger partial charge >= 0.3 is 0 Å². The van der Waals surface area contributed by atoms with Crippen LogP contribution in [0.3, 0.4) is 0 Å². The molecule has 1 amide bonds. The minimum Gasteiger partial charge on any atom is -0.459 e. The number of nitrogens with one attached hydrogen (secondary N) is 3. The Labute approximate surface area is 185 Å². The summed E-state index contributed by atoms with van der Waals surface area (Å²) in [5, 5.41) is 9.83. The van der Waals surface area contributed by atoms with Crippen LogP contribution in [0.25, 0.3) is 0 Å². The second-order valence-corrected chi connectivity index (χ2v) is 8.01. The largest absolute Gasteiger partial charge is 0.459 e. The van der Waals surface area contributed by atoms with E-state index in [4.69, 9.17) is 9.41 Å². The van der Waals surface area contributed by atoms with Gasteiger partial charge in [0.25, 0.3) is 5.91 Å². The van der Waals surface area contributed by atoms with Crippen LogP contribution in [-0.2, 0) is 6.54 Å². The predicted octanol–water partition coefficient (Wildman–Crippen LogP) is 2.93. The maximum Gasteiger partial charge on any atom is 0.287 e. The number of carbonyl (C=O) groups is 1. The number of amides is 1. The van der Waals surface area contributed by atoms with Gasteiger partial charge in [0.05, 0.1) is 6.26 Å². The molecule has 0 aliphatic carbocycles. The van der Waals surface area contributed by atoms with Crippen LogP contribution in [0, 0.1) is 6.92 Å². The van der Waals surface area contributed by atoms with Crippen molar-refractivity contribution in [1.82, 2.24) is 20.9 Å². The molecule has 1 aliphatic heterocycles. The Morgan fingerprint density at radius 2 is 2.06 bits per heavy atom. The molecule has 2 aromatic rings. The number of nitrogens with zero attached hydrogens (tertiary/aromatic N) is 2. The normalized spacial score (nSPS) is 17.4. The standard InChI is InChI=1S/C24H35N5O2/c1-3-25-24(27-14-8-13-26-23(30)22-19(2)12-16-31-22)28-21-11-7-15-29(18-21)17-20-9-5-4-6-10-20/h4-6,9-10,12,16,21H,3,7-8,11,13-15,17-18H2,1-2H3,(H,26,30)(H2,25,27,28). The van der Waals surface area contributed by atoms with Crippen molar-refractivity contribution in [2.24, 2.45) is 4.99 Å². The molecule has 1 saturated heterocycles. The molecule has 7 nitrogen and oxygen atoms in total. The van der Waals surface area contributed by atoms with E-state index in [1.165, 1.54) is 18.2 Å². The van der Waals surface area contributed by atoms with E-state index in [9.17, 15) is 4.79 Å². The van der Waals surface area contributed by atoms with Crippen molar-refractivity contribution in [3.63, 3.8) is 0 Å². The molecule has 1 aromatic heterocycles. The van der Waals surface area contributed by atoms with E-state index in [2.05, 4.69) is 58.1 Å². The number of benzene rings is 1. The molecular formula is C24H35N5O2. The average Bonchev–Trinajstić information content (AvgIpc) is 3.20. The molecule has 1 aliphatic rings. The van der Waals surface area contributed by atoms with Crippen LogP contribution >= 0.6 is 0 Å².